The highest BCUT2D eigenvalue weighted by Gasteiger charge is 2.04. The second-order valence-corrected chi connectivity index (χ2v) is 4.04. The van der Waals surface area contributed by atoms with E-state index < -0.39 is 0 Å². The van der Waals surface area contributed by atoms with E-state index in [4.69, 9.17) is 4.74 Å². The minimum Gasteiger partial charge on any atom is -0.501 e. The van der Waals surface area contributed by atoms with E-state index in [-0.39, 0.29) is 0 Å². The molecule has 96 valence electrons. The van der Waals surface area contributed by atoms with Gasteiger partial charge in [0.15, 0.2) is 0 Å². The van der Waals surface area contributed by atoms with Gasteiger partial charge in [0.25, 0.3) is 0 Å². The van der Waals surface area contributed by atoms with Crippen LogP contribution in [0.1, 0.15) is 47.0 Å². The summed E-state index contributed by atoms with van der Waals surface area (Å²) in [7, 11) is 1.65. The van der Waals surface area contributed by atoms with E-state index in [9.17, 15) is 4.79 Å². The molecule has 2 heteroatoms. The topological polar surface area (TPSA) is 26.3 Å². The van der Waals surface area contributed by atoms with Crippen molar-refractivity contribution in [2.75, 3.05) is 7.11 Å². The molecule has 0 radical (unpaired) electrons. The molecule has 0 saturated carbocycles. The highest BCUT2D eigenvalue weighted by atomic mass is 16.5. The molecular weight excluding hydrogens is 212 g/mol. The molecule has 0 bridgehead atoms. The Hall–Kier alpha value is -1.31. The number of methoxy groups -OCH3 is 1. The fourth-order valence-corrected chi connectivity index (χ4v) is 1.60. The van der Waals surface area contributed by atoms with Crippen LogP contribution in [0.4, 0.5) is 0 Å². The van der Waals surface area contributed by atoms with Crippen molar-refractivity contribution in [3.8, 4) is 0 Å². The summed E-state index contributed by atoms with van der Waals surface area (Å²) in [5.74, 6) is 0.867. The molecule has 0 N–H and O–H groups in total. The van der Waals surface area contributed by atoms with Crippen molar-refractivity contribution in [1.82, 2.24) is 0 Å². The van der Waals surface area contributed by atoms with Gasteiger partial charge >= 0.3 is 0 Å². The van der Waals surface area contributed by atoms with Crippen molar-refractivity contribution in [2.45, 2.75) is 47.0 Å². The molecular formula is C15H24O2. The summed E-state index contributed by atoms with van der Waals surface area (Å²) in [6.45, 7) is 8.11. The number of hydrogen-bond donors (Lipinski definition) is 0. The van der Waals surface area contributed by atoms with Gasteiger partial charge in [0.05, 0.1) is 12.9 Å². The lowest BCUT2D eigenvalue weighted by Gasteiger charge is -2.08. The highest BCUT2D eigenvalue weighted by molar-refractivity contribution is 5.76. The fourth-order valence-electron chi connectivity index (χ4n) is 1.60. The first-order valence-corrected chi connectivity index (χ1v) is 6.17. The van der Waals surface area contributed by atoms with Crippen LogP contribution in [0, 0.1) is 0 Å². The maximum Gasteiger partial charge on any atom is 0.146 e. The van der Waals surface area contributed by atoms with Crippen LogP contribution in [0.3, 0.4) is 0 Å². The summed E-state index contributed by atoms with van der Waals surface area (Å²) in [5.41, 5.74) is 3.20. The van der Waals surface area contributed by atoms with E-state index >= 15 is 0 Å². The standard InChI is InChI=1S/C15H24O2/c1-6-8-15(11-16)13(4)14(7-2)10-9-12(3)17-5/h9-11H,6-8H2,1-5H3. The number of allylic oxidation sites excluding steroid dienone is 6. The number of hydrogen-bond acceptors (Lipinski definition) is 2. The minimum atomic E-state index is 0.847. The Morgan fingerprint density at radius 1 is 1.18 bits per heavy atom. The molecule has 0 amide bonds. The SMILES string of the molecule is CCCC(C=O)=C(C)C(=CC=C(C)OC)CC. The molecule has 0 fully saturated rings. The van der Waals surface area contributed by atoms with E-state index in [1.165, 1.54) is 5.57 Å². The van der Waals surface area contributed by atoms with E-state index in [0.717, 1.165) is 42.5 Å². The van der Waals surface area contributed by atoms with Gasteiger partial charge in [-0.2, -0.15) is 0 Å². The average Bonchev–Trinajstić information content (AvgIpc) is 2.35. The number of ether oxygens (including phenoxy) is 1. The van der Waals surface area contributed by atoms with Gasteiger partial charge in [-0.05, 0) is 49.5 Å². The van der Waals surface area contributed by atoms with Crippen LogP contribution in [-0.2, 0) is 9.53 Å². The van der Waals surface area contributed by atoms with Crippen molar-refractivity contribution in [3.63, 3.8) is 0 Å². The normalized spacial score (nSPS) is 14.4. The summed E-state index contributed by atoms with van der Waals surface area (Å²) < 4.78 is 5.09. The average molecular weight is 236 g/mol. The molecule has 0 aromatic rings. The zero-order valence-electron chi connectivity index (χ0n) is 11.7. The first kappa shape index (κ1) is 15.7. The molecule has 0 aliphatic heterocycles. The van der Waals surface area contributed by atoms with Gasteiger partial charge in [0, 0.05) is 0 Å². The Kier molecular flexibility index (Phi) is 8.12. The lowest BCUT2D eigenvalue weighted by molar-refractivity contribution is -0.105. The van der Waals surface area contributed by atoms with Gasteiger partial charge in [-0.15, -0.1) is 0 Å². The molecule has 0 aliphatic rings. The summed E-state index contributed by atoms with van der Waals surface area (Å²) in [6.07, 6.45) is 7.72. The van der Waals surface area contributed by atoms with Crippen LogP contribution in [0.25, 0.3) is 0 Å². The van der Waals surface area contributed by atoms with Crippen molar-refractivity contribution in [1.29, 1.82) is 0 Å². The third-order valence-corrected chi connectivity index (χ3v) is 2.85. The molecule has 0 unspecified atom stereocenters. The van der Waals surface area contributed by atoms with Crippen molar-refractivity contribution < 1.29 is 9.53 Å². The van der Waals surface area contributed by atoms with Crippen LogP contribution >= 0.6 is 0 Å². The van der Waals surface area contributed by atoms with Gasteiger partial charge in [-0.25, -0.2) is 0 Å². The molecule has 0 saturated heterocycles. The Balaban J connectivity index is 5.17. The number of rotatable bonds is 7. The van der Waals surface area contributed by atoms with Crippen molar-refractivity contribution >= 4 is 6.29 Å². The van der Waals surface area contributed by atoms with Gasteiger partial charge in [-0.3, -0.25) is 4.79 Å². The Morgan fingerprint density at radius 3 is 2.24 bits per heavy atom. The van der Waals surface area contributed by atoms with Crippen molar-refractivity contribution in [2.24, 2.45) is 0 Å². The zero-order chi connectivity index (χ0) is 13.3. The second-order valence-electron chi connectivity index (χ2n) is 4.04. The summed E-state index contributed by atoms with van der Waals surface area (Å²) in [4.78, 5) is 11.0. The third kappa shape index (κ3) is 5.53. The molecule has 0 heterocycles. The quantitative estimate of drug-likeness (QED) is 0.287. The third-order valence-electron chi connectivity index (χ3n) is 2.85. The minimum absolute atomic E-state index is 0.847. The Morgan fingerprint density at radius 2 is 1.82 bits per heavy atom. The van der Waals surface area contributed by atoms with Crippen LogP contribution in [0.2, 0.25) is 0 Å². The maximum atomic E-state index is 11.0. The molecule has 0 aromatic carbocycles. The Labute approximate surface area is 105 Å². The van der Waals surface area contributed by atoms with E-state index in [1.54, 1.807) is 7.11 Å². The molecule has 17 heavy (non-hydrogen) atoms. The summed E-state index contributed by atoms with van der Waals surface area (Å²) in [6, 6.07) is 0. The van der Waals surface area contributed by atoms with Crippen LogP contribution in [-0.4, -0.2) is 13.4 Å². The molecule has 0 atom stereocenters. The van der Waals surface area contributed by atoms with E-state index in [1.807, 2.05) is 26.0 Å². The maximum absolute atomic E-state index is 11.0. The first-order valence-electron chi connectivity index (χ1n) is 6.17. The first-order chi connectivity index (χ1) is 8.10. The molecule has 0 aliphatic carbocycles. The molecule has 2 nitrogen and oxygen atoms in total. The smallest absolute Gasteiger partial charge is 0.146 e. The monoisotopic (exact) mass is 236 g/mol. The lowest BCUT2D eigenvalue weighted by Crippen LogP contribution is -1.94. The molecule has 0 rings (SSSR count). The summed E-state index contributed by atoms with van der Waals surface area (Å²) in [5, 5.41) is 0. The van der Waals surface area contributed by atoms with Crippen LogP contribution in [0.5, 0.6) is 0 Å². The predicted octanol–water partition coefficient (Wildman–Crippen LogP) is 4.19. The van der Waals surface area contributed by atoms with Gasteiger partial charge in [0.1, 0.15) is 6.29 Å². The fraction of sp³-hybridized carbons (Fsp3) is 0.533. The van der Waals surface area contributed by atoms with Gasteiger partial charge in [0.2, 0.25) is 0 Å². The van der Waals surface area contributed by atoms with Crippen LogP contribution < -0.4 is 0 Å². The predicted molar refractivity (Wildman–Crippen MR) is 72.8 cm³/mol. The van der Waals surface area contributed by atoms with E-state index in [0.29, 0.717) is 0 Å². The highest BCUT2D eigenvalue weighted by Crippen LogP contribution is 2.20. The number of carbonyl (C=O) groups excluding carboxylic acids is 1. The second kappa shape index (κ2) is 8.80. The van der Waals surface area contributed by atoms with Gasteiger partial charge in [-0.1, -0.05) is 26.3 Å². The van der Waals surface area contributed by atoms with Gasteiger partial charge < -0.3 is 4.74 Å². The van der Waals surface area contributed by atoms with Crippen molar-refractivity contribution in [3.05, 3.63) is 34.6 Å². The molecule has 0 spiro atoms. The molecule has 0 aromatic heterocycles. The zero-order valence-corrected chi connectivity index (χ0v) is 11.7. The Bertz CT molecular complexity index is 333. The largest absolute Gasteiger partial charge is 0.501 e. The number of carbonyl (C=O) groups is 1. The number of aldehydes is 1. The van der Waals surface area contributed by atoms with E-state index in [2.05, 4.69) is 13.8 Å². The summed E-state index contributed by atoms with van der Waals surface area (Å²) >= 11 is 0. The van der Waals surface area contributed by atoms with Crippen LogP contribution in [0.15, 0.2) is 34.6 Å². The lowest BCUT2D eigenvalue weighted by atomic mass is 9.97.